The zero-order chi connectivity index (χ0) is 9.94. The first-order valence-corrected chi connectivity index (χ1v) is 3.95. The van der Waals surface area contributed by atoms with E-state index >= 15 is 0 Å². The van der Waals surface area contributed by atoms with Crippen LogP contribution in [-0.4, -0.2) is 50.3 Å². The SMILES string of the molecule is O=CNCCOC(=O)CNCCO. The maximum atomic E-state index is 10.8. The highest BCUT2D eigenvalue weighted by Crippen LogP contribution is 1.74. The molecule has 0 spiro atoms. The minimum absolute atomic E-state index is 0.0139. The van der Waals surface area contributed by atoms with E-state index in [2.05, 4.69) is 15.4 Å². The van der Waals surface area contributed by atoms with Gasteiger partial charge in [0.25, 0.3) is 0 Å². The van der Waals surface area contributed by atoms with E-state index in [-0.39, 0.29) is 19.8 Å². The quantitative estimate of drug-likeness (QED) is 0.231. The smallest absolute Gasteiger partial charge is 0.319 e. The molecule has 6 nitrogen and oxygen atoms in total. The topological polar surface area (TPSA) is 87.7 Å². The molecule has 76 valence electrons. The number of nitrogens with one attached hydrogen (secondary N) is 2. The van der Waals surface area contributed by atoms with Crippen LogP contribution in [0.5, 0.6) is 0 Å². The zero-order valence-electron chi connectivity index (χ0n) is 7.28. The van der Waals surface area contributed by atoms with E-state index in [1.165, 1.54) is 0 Å². The molecule has 13 heavy (non-hydrogen) atoms. The first-order valence-electron chi connectivity index (χ1n) is 3.95. The molecule has 0 fully saturated rings. The highest BCUT2D eigenvalue weighted by molar-refractivity contribution is 5.71. The van der Waals surface area contributed by atoms with Crippen molar-refractivity contribution < 1.29 is 19.4 Å². The highest BCUT2D eigenvalue weighted by atomic mass is 16.5. The fourth-order valence-electron chi connectivity index (χ4n) is 0.603. The lowest BCUT2D eigenvalue weighted by Crippen LogP contribution is -2.29. The summed E-state index contributed by atoms with van der Waals surface area (Å²) in [6, 6.07) is 0. The number of rotatable bonds is 8. The summed E-state index contributed by atoms with van der Waals surface area (Å²) in [5.41, 5.74) is 0. The summed E-state index contributed by atoms with van der Waals surface area (Å²) >= 11 is 0. The third-order valence-electron chi connectivity index (χ3n) is 1.15. The third-order valence-corrected chi connectivity index (χ3v) is 1.15. The van der Waals surface area contributed by atoms with E-state index in [4.69, 9.17) is 5.11 Å². The number of carbonyl (C=O) groups is 2. The average Bonchev–Trinajstić information content (AvgIpc) is 2.13. The Labute approximate surface area is 76.3 Å². The van der Waals surface area contributed by atoms with Crippen molar-refractivity contribution in [1.82, 2.24) is 10.6 Å². The minimum atomic E-state index is -0.402. The van der Waals surface area contributed by atoms with Gasteiger partial charge >= 0.3 is 5.97 Å². The van der Waals surface area contributed by atoms with Crippen LogP contribution in [0.3, 0.4) is 0 Å². The lowest BCUT2D eigenvalue weighted by Gasteiger charge is -2.04. The second-order valence-electron chi connectivity index (χ2n) is 2.19. The molecule has 0 aromatic rings. The monoisotopic (exact) mass is 190 g/mol. The van der Waals surface area contributed by atoms with Gasteiger partial charge in [0.05, 0.1) is 19.7 Å². The molecule has 0 aliphatic rings. The average molecular weight is 190 g/mol. The van der Waals surface area contributed by atoms with Gasteiger partial charge in [0.2, 0.25) is 6.41 Å². The number of esters is 1. The van der Waals surface area contributed by atoms with Crippen molar-refractivity contribution >= 4 is 12.4 Å². The molecular weight excluding hydrogens is 176 g/mol. The Balaban J connectivity index is 3.15. The van der Waals surface area contributed by atoms with Crippen LogP contribution in [0.2, 0.25) is 0 Å². The molecule has 1 amide bonds. The fraction of sp³-hybridized carbons (Fsp3) is 0.714. The molecule has 0 bridgehead atoms. The third kappa shape index (κ3) is 8.77. The Bertz CT molecular complexity index is 151. The van der Waals surface area contributed by atoms with E-state index < -0.39 is 5.97 Å². The zero-order valence-corrected chi connectivity index (χ0v) is 7.28. The van der Waals surface area contributed by atoms with E-state index in [0.29, 0.717) is 19.5 Å². The van der Waals surface area contributed by atoms with Crippen molar-refractivity contribution in [3.8, 4) is 0 Å². The second-order valence-corrected chi connectivity index (χ2v) is 2.19. The largest absolute Gasteiger partial charge is 0.463 e. The molecule has 0 rings (SSSR count). The van der Waals surface area contributed by atoms with Crippen LogP contribution in [0.1, 0.15) is 0 Å². The molecule has 0 saturated carbocycles. The maximum Gasteiger partial charge on any atom is 0.319 e. The van der Waals surface area contributed by atoms with Gasteiger partial charge in [-0.3, -0.25) is 9.59 Å². The second kappa shape index (κ2) is 8.95. The molecule has 0 atom stereocenters. The number of hydrogen-bond donors (Lipinski definition) is 3. The lowest BCUT2D eigenvalue weighted by molar-refractivity contribution is -0.142. The van der Waals surface area contributed by atoms with Gasteiger partial charge in [-0.05, 0) is 0 Å². The van der Waals surface area contributed by atoms with Crippen LogP contribution in [0.15, 0.2) is 0 Å². The molecule has 0 aliphatic heterocycles. The minimum Gasteiger partial charge on any atom is -0.463 e. The summed E-state index contributed by atoms with van der Waals surface area (Å²) in [5, 5.41) is 13.4. The van der Waals surface area contributed by atoms with Gasteiger partial charge in [-0.25, -0.2) is 0 Å². The molecular formula is C7H14N2O4. The van der Waals surface area contributed by atoms with Gasteiger partial charge in [-0.2, -0.15) is 0 Å². The van der Waals surface area contributed by atoms with Crippen molar-refractivity contribution in [3.05, 3.63) is 0 Å². The summed E-state index contributed by atoms with van der Waals surface area (Å²) < 4.78 is 4.69. The summed E-state index contributed by atoms with van der Waals surface area (Å²) in [7, 11) is 0. The predicted molar refractivity (Wildman–Crippen MR) is 45.0 cm³/mol. The van der Waals surface area contributed by atoms with Crippen molar-refractivity contribution in [1.29, 1.82) is 0 Å². The first-order chi connectivity index (χ1) is 6.31. The van der Waals surface area contributed by atoms with Gasteiger partial charge in [0.1, 0.15) is 6.61 Å². The number of aliphatic hydroxyl groups excluding tert-OH is 1. The normalized spacial score (nSPS) is 9.31. The van der Waals surface area contributed by atoms with E-state index in [9.17, 15) is 9.59 Å². The van der Waals surface area contributed by atoms with Gasteiger partial charge in [0.15, 0.2) is 0 Å². The Morgan fingerprint density at radius 2 is 2.23 bits per heavy atom. The van der Waals surface area contributed by atoms with Crippen molar-refractivity contribution in [2.45, 2.75) is 0 Å². The van der Waals surface area contributed by atoms with Gasteiger partial charge in [-0.15, -0.1) is 0 Å². The van der Waals surface area contributed by atoms with E-state index in [1.807, 2.05) is 0 Å². The number of hydrogen-bond acceptors (Lipinski definition) is 5. The number of ether oxygens (including phenoxy) is 1. The van der Waals surface area contributed by atoms with Crippen LogP contribution < -0.4 is 10.6 Å². The van der Waals surface area contributed by atoms with Crippen molar-refractivity contribution in [2.24, 2.45) is 0 Å². The summed E-state index contributed by atoms with van der Waals surface area (Å²) in [4.78, 5) is 20.6. The molecule has 0 heterocycles. The molecule has 0 saturated heterocycles. The van der Waals surface area contributed by atoms with Gasteiger partial charge in [-0.1, -0.05) is 0 Å². The summed E-state index contributed by atoms with van der Waals surface area (Å²) in [5.74, 6) is -0.402. The molecule has 0 aromatic heterocycles. The van der Waals surface area contributed by atoms with E-state index in [1.54, 1.807) is 0 Å². The highest BCUT2D eigenvalue weighted by Gasteiger charge is 1.99. The Kier molecular flexibility index (Phi) is 8.17. The predicted octanol–water partition coefficient (Wildman–Crippen LogP) is -2.14. The summed E-state index contributed by atoms with van der Waals surface area (Å²) in [6.45, 7) is 0.900. The van der Waals surface area contributed by atoms with Crippen LogP contribution >= 0.6 is 0 Å². The first kappa shape index (κ1) is 11.9. The molecule has 3 N–H and O–H groups in total. The fourth-order valence-corrected chi connectivity index (χ4v) is 0.603. The lowest BCUT2D eigenvalue weighted by atomic mass is 10.6. The number of carbonyl (C=O) groups excluding carboxylic acids is 2. The molecule has 0 aromatic carbocycles. The van der Waals surface area contributed by atoms with Crippen LogP contribution in [-0.2, 0) is 14.3 Å². The Hall–Kier alpha value is -1.14. The van der Waals surface area contributed by atoms with Gasteiger partial charge < -0.3 is 20.5 Å². The Morgan fingerprint density at radius 1 is 1.46 bits per heavy atom. The molecule has 6 heteroatoms. The molecule has 0 aliphatic carbocycles. The van der Waals surface area contributed by atoms with Crippen LogP contribution in [0.25, 0.3) is 0 Å². The van der Waals surface area contributed by atoms with Crippen molar-refractivity contribution in [2.75, 3.05) is 32.8 Å². The number of amides is 1. The Morgan fingerprint density at radius 3 is 2.85 bits per heavy atom. The van der Waals surface area contributed by atoms with Crippen LogP contribution in [0, 0.1) is 0 Å². The standard InChI is InChI=1S/C7H14N2O4/c10-3-1-8-5-7(12)13-4-2-9-6-11/h6,8,10H,1-5H2,(H,9,11). The number of aliphatic hydroxyl groups is 1. The maximum absolute atomic E-state index is 10.8. The van der Waals surface area contributed by atoms with E-state index in [0.717, 1.165) is 0 Å². The van der Waals surface area contributed by atoms with Crippen LogP contribution in [0.4, 0.5) is 0 Å². The van der Waals surface area contributed by atoms with Gasteiger partial charge in [0, 0.05) is 6.54 Å². The molecule has 0 unspecified atom stereocenters. The molecule has 0 radical (unpaired) electrons. The summed E-state index contributed by atoms with van der Waals surface area (Å²) in [6.07, 6.45) is 0.540. The van der Waals surface area contributed by atoms with Crippen molar-refractivity contribution in [3.63, 3.8) is 0 Å².